The molecule has 0 bridgehead atoms. The van der Waals surface area contributed by atoms with E-state index in [0.717, 1.165) is 39.2 Å². The third-order valence-electron chi connectivity index (χ3n) is 2.70. The lowest BCUT2D eigenvalue weighted by Gasteiger charge is -2.06. The zero-order valence-electron chi connectivity index (χ0n) is 11.0. The minimum atomic E-state index is 0.725. The summed E-state index contributed by atoms with van der Waals surface area (Å²) in [5.74, 6) is 2.49. The van der Waals surface area contributed by atoms with Crippen LogP contribution in [0.4, 0.5) is 5.82 Å². The highest BCUT2D eigenvalue weighted by Gasteiger charge is 2.08. The largest absolute Gasteiger partial charge is 0.370 e. The Morgan fingerprint density at radius 2 is 2.20 bits per heavy atom. The van der Waals surface area contributed by atoms with Crippen molar-refractivity contribution in [2.24, 2.45) is 0 Å². The average molecular weight is 302 g/mol. The number of rotatable bonds is 5. The summed E-state index contributed by atoms with van der Waals surface area (Å²) in [7, 11) is 0. The van der Waals surface area contributed by atoms with Gasteiger partial charge in [0.1, 0.15) is 16.5 Å². The predicted molar refractivity (Wildman–Crippen MR) is 85.4 cm³/mol. The average Bonchev–Trinajstić information content (AvgIpc) is 2.95. The molecule has 0 aliphatic carbocycles. The maximum atomic E-state index is 4.61. The molecule has 0 atom stereocenters. The molecule has 1 N–H and O–H groups in total. The van der Waals surface area contributed by atoms with Gasteiger partial charge in [-0.05, 0) is 30.5 Å². The Hall–Kier alpha value is -1.66. The maximum absolute atomic E-state index is 4.61. The molecule has 0 amide bonds. The minimum absolute atomic E-state index is 0.725. The fraction of sp³-hybridized carbons (Fsp3) is 0.214. The third kappa shape index (κ3) is 2.91. The number of thiophene rings is 1. The Bertz CT molecular complexity index is 697. The van der Waals surface area contributed by atoms with Crippen LogP contribution in [0.15, 0.2) is 40.9 Å². The van der Waals surface area contributed by atoms with E-state index in [-0.39, 0.29) is 0 Å². The summed E-state index contributed by atoms with van der Waals surface area (Å²) in [6.07, 6.45) is 1.80. The van der Waals surface area contributed by atoms with E-state index in [1.165, 1.54) is 0 Å². The Labute approximate surface area is 125 Å². The molecule has 0 unspecified atom stereocenters. The van der Waals surface area contributed by atoms with Gasteiger partial charge in [-0.15, -0.1) is 11.3 Å². The van der Waals surface area contributed by atoms with Gasteiger partial charge in [0.2, 0.25) is 0 Å². The normalized spacial score (nSPS) is 10.8. The summed E-state index contributed by atoms with van der Waals surface area (Å²) >= 11 is 3.30. The molecule has 3 aromatic heterocycles. The number of nitrogens with one attached hydrogen (secondary N) is 1. The smallest absolute Gasteiger partial charge is 0.142 e. The Kier molecular flexibility index (Phi) is 4.13. The third-order valence-corrected chi connectivity index (χ3v) is 4.45. The highest BCUT2D eigenvalue weighted by Crippen LogP contribution is 2.27. The van der Waals surface area contributed by atoms with Gasteiger partial charge in [0.05, 0.1) is 16.2 Å². The van der Waals surface area contributed by atoms with Crippen LogP contribution in [0.5, 0.6) is 0 Å². The van der Waals surface area contributed by atoms with Gasteiger partial charge < -0.3 is 5.32 Å². The number of hydrogen-bond donors (Lipinski definition) is 1. The fourth-order valence-electron chi connectivity index (χ4n) is 1.84. The summed E-state index contributed by atoms with van der Waals surface area (Å²) in [4.78, 5) is 14.6. The number of hydrogen-bond acceptors (Lipinski definition) is 6. The van der Waals surface area contributed by atoms with Crippen molar-refractivity contribution < 1.29 is 0 Å². The molecule has 0 aromatic carbocycles. The van der Waals surface area contributed by atoms with Crippen LogP contribution in [0.2, 0.25) is 0 Å². The molecule has 0 fully saturated rings. The molecule has 0 aliphatic heterocycles. The van der Waals surface area contributed by atoms with E-state index in [1.54, 1.807) is 29.3 Å². The van der Waals surface area contributed by atoms with Crippen molar-refractivity contribution in [1.82, 2.24) is 15.0 Å². The van der Waals surface area contributed by atoms with E-state index >= 15 is 0 Å². The van der Waals surface area contributed by atoms with Gasteiger partial charge in [0, 0.05) is 12.7 Å². The van der Waals surface area contributed by atoms with Crippen molar-refractivity contribution in [1.29, 1.82) is 0 Å². The number of fused-ring (bicyclic) bond motifs is 1. The predicted octanol–water partition coefficient (Wildman–Crippen LogP) is 3.81. The van der Waals surface area contributed by atoms with Crippen LogP contribution in [-0.2, 0) is 5.75 Å². The summed E-state index contributed by atoms with van der Waals surface area (Å²) in [5, 5.41) is 7.45. The van der Waals surface area contributed by atoms with Gasteiger partial charge in [-0.25, -0.2) is 15.0 Å². The molecule has 3 aromatic rings. The van der Waals surface area contributed by atoms with E-state index in [1.807, 2.05) is 18.2 Å². The molecule has 0 spiro atoms. The molecule has 3 heterocycles. The van der Waals surface area contributed by atoms with E-state index in [9.17, 15) is 0 Å². The lowest BCUT2D eigenvalue weighted by Crippen LogP contribution is -2.03. The molecular weight excluding hydrogens is 288 g/mol. The first-order valence-corrected chi connectivity index (χ1v) is 8.25. The highest BCUT2D eigenvalue weighted by molar-refractivity contribution is 7.98. The molecule has 0 saturated carbocycles. The first kappa shape index (κ1) is 13.3. The van der Waals surface area contributed by atoms with Crippen molar-refractivity contribution in [2.45, 2.75) is 17.7 Å². The number of aromatic nitrogens is 3. The SMILES string of the molecule is CCNc1nc(CSc2ccccn2)nc2sccc12. The zero-order chi connectivity index (χ0) is 13.8. The summed E-state index contributed by atoms with van der Waals surface area (Å²) < 4.78 is 0. The van der Waals surface area contributed by atoms with E-state index < -0.39 is 0 Å². The van der Waals surface area contributed by atoms with Crippen molar-refractivity contribution >= 4 is 39.1 Å². The lowest BCUT2D eigenvalue weighted by molar-refractivity contribution is 1.05. The minimum Gasteiger partial charge on any atom is -0.370 e. The van der Waals surface area contributed by atoms with Crippen molar-refractivity contribution in [2.75, 3.05) is 11.9 Å². The maximum Gasteiger partial charge on any atom is 0.142 e. The topological polar surface area (TPSA) is 50.7 Å². The van der Waals surface area contributed by atoms with Crippen LogP contribution in [0.25, 0.3) is 10.2 Å². The Morgan fingerprint density at radius 1 is 1.25 bits per heavy atom. The van der Waals surface area contributed by atoms with Gasteiger partial charge in [0.15, 0.2) is 0 Å². The second kappa shape index (κ2) is 6.19. The Balaban J connectivity index is 1.84. The van der Waals surface area contributed by atoms with Crippen LogP contribution in [0.1, 0.15) is 12.7 Å². The molecule has 0 radical (unpaired) electrons. The number of anilines is 1. The molecule has 102 valence electrons. The van der Waals surface area contributed by atoms with Crippen LogP contribution < -0.4 is 5.32 Å². The Morgan fingerprint density at radius 3 is 3.00 bits per heavy atom. The second-order valence-corrected chi connectivity index (χ2v) is 6.01. The standard InChI is InChI=1S/C14H14N4S2/c1-2-15-13-10-6-8-19-14(10)18-11(17-13)9-20-12-5-3-4-7-16-12/h3-8H,2,9H2,1H3,(H,15,17,18). The molecule has 0 saturated heterocycles. The number of thioether (sulfide) groups is 1. The van der Waals surface area contributed by atoms with Crippen molar-refractivity contribution in [3.05, 3.63) is 41.7 Å². The van der Waals surface area contributed by atoms with Crippen LogP contribution >= 0.6 is 23.1 Å². The number of pyridine rings is 1. The van der Waals surface area contributed by atoms with Crippen LogP contribution in [-0.4, -0.2) is 21.5 Å². The highest BCUT2D eigenvalue weighted by atomic mass is 32.2. The molecule has 20 heavy (non-hydrogen) atoms. The van der Waals surface area contributed by atoms with Gasteiger partial charge in [-0.3, -0.25) is 0 Å². The van der Waals surface area contributed by atoms with E-state index in [0.29, 0.717) is 0 Å². The fourth-order valence-corrected chi connectivity index (χ4v) is 3.34. The summed E-state index contributed by atoms with van der Waals surface area (Å²) in [6.45, 7) is 2.93. The van der Waals surface area contributed by atoms with Gasteiger partial charge >= 0.3 is 0 Å². The molecule has 4 nitrogen and oxygen atoms in total. The van der Waals surface area contributed by atoms with Crippen molar-refractivity contribution in [3.8, 4) is 0 Å². The van der Waals surface area contributed by atoms with E-state index in [4.69, 9.17) is 0 Å². The van der Waals surface area contributed by atoms with E-state index in [2.05, 4.69) is 38.6 Å². The molecular formula is C14H14N4S2. The van der Waals surface area contributed by atoms with Gasteiger partial charge in [-0.2, -0.15) is 0 Å². The van der Waals surface area contributed by atoms with Crippen LogP contribution in [0, 0.1) is 0 Å². The molecule has 0 aliphatic rings. The summed E-state index contributed by atoms with van der Waals surface area (Å²) in [6, 6.07) is 7.97. The van der Waals surface area contributed by atoms with Gasteiger partial charge in [0.25, 0.3) is 0 Å². The second-order valence-electron chi connectivity index (χ2n) is 4.11. The first-order chi connectivity index (χ1) is 9.86. The molecule has 6 heteroatoms. The monoisotopic (exact) mass is 302 g/mol. The zero-order valence-corrected chi connectivity index (χ0v) is 12.7. The quantitative estimate of drug-likeness (QED) is 0.726. The van der Waals surface area contributed by atoms with Crippen molar-refractivity contribution in [3.63, 3.8) is 0 Å². The first-order valence-electron chi connectivity index (χ1n) is 6.38. The van der Waals surface area contributed by atoms with Crippen LogP contribution in [0.3, 0.4) is 0 Å². The summed E-state index contributed by atoms with van der Waals surface area (Å²) in [5.41, 5.74) is 0. The number of nitrogens with zero attached hydrogens (tertiary/aromatic N) is 3. The lowest BCUT2D eigenvalue weighted by atomic mass is 10.3. The molecule has 3 rings (SSSR count). The van der Waals surface area contributed by atoms with Gasteiger partial charge in [-0.1, -0.05) is 17.8 Å².